The monoisotopic (exact) mass is 1030 g/mol. The minimum absolute atomic E-state index is 0. The molecule has 0 radical (unpaired) electrons. The van der Waals surface area contributed by atoms with Crippen molar-refractivity contribution in [2.24, 2.45) is 0 Å². The third-order valence-electron chi connectivity index (χ3n) is 5.41. The van der Waals surface area contributed by atoms with E-state index >= 15 is 0 Å². The fourth-order valence-electron chi connectivity index (χ4n) is 3.55. The number of rotatable bonds is 3. The SMILES string of the molecule is C.Cc1nccc(-c2cc[nH]c(=O)c2)n1.Cc1nccc(-c2ccnc(F)c2)n1.O=c1cc(-c2ccnc(=S)[nH]2)cc[nH]1.[I][V]([I])[I]. The molecule has 0 atom stereocenters. The molecule has 0 aromatic carbocycles. The standard InChI is InChI=1S/C10H8FN3.C10H9N3O.C9H7N3OS.CH4.3HI.V/c1-7-12-5-3-9(14-7)8-2-4-13-10(11)6-8;1-7-11-5-3-9(13-7)8-2-4-12-10(14)6-8;13-8-5-6(1-3-10-8)7-2-4-11-9(14)12-7;;;;;/h2-6H,1H3;2-6H,1H3,(H,12,14);1-5H,(H,10,13)(H,11,12,14);1H4;3*1H;/q;;;;;;;+3/p-3. The Hall–Kier alpha value is -2.79. The summed E-state index contributed by atoms with van der Waals surface area (Å²) in [4.78, 5) is 53.5. The molecule has 11 nitrogen and oxygen atoms in total. The quantitative estimate of drug-likeness (QED) is 0.0911. The zero-order chi connectivity index (χ0) is 33.5. The summed E-state index contributed by atoms with van der Waals surface area (Å²) in [5, 5.41) is 0. The van der Waals surface area contributed by atoms with Crippen LogP contribution in [0.4, 0.5) is 4.39 Å². The summed E-state index contributed by atoms with van der Waals surface area (Å²) in [5.74, 6) is 0.862. The zero-order valence-corrected chi connectivity index (χ0v) is 32.7. The van der Waals surface area contributed by atoms with Crippen LogP contribution in [0, 0.1) is 24.6 Å². The van der Waals surface area contributed by atoms with Crippen LogP contribution >= 0.6 is 72.2 Å². The summed E-state index contributed by atoms with van der Waals surface area (Å²) in [6.07, 6.45) is 9.55. The second kappa shape index (κ2) is 21.2. The number of pyridine rings is 3. The summed E-state index contributed by atoms with van der Waals surface area (Å²) in [6.45, 7) is 3.61. The predicted molar refractivity (Wildman–Crippen MR) is 207 cm³/mol. The second-order valence-corrected chi connectivity index (χ2v) is 44.5. The second-order valence-electron chi connectivity index (χ2n) is 8.71. The van der Waals surface area contributed by atoms with Gasteiger partial charge in [-0.15, -0.1) is 0 Å². The van der Waals surface area contributed by atoms with Crippen molar-refractivity contribution >= 4 is 72.2 Å². The number of H-pyrrole nitrogens is 3. The topological polar surface area (TPSA) is 159 Å². The molecule has 0 aliphatic heterocycles. The molecule has 6 aromatic rings. The van der Waals surface area contributed by atoms with Crippen LogP contribution in [0.5, 0.6) is 0 Å². The van der Waals surface area contributed by atoms with Gasteiger partial charge in [0, 0.05) is 77.8 Å². The van der Waals surface area contributed by atoms with E-state index in [0.29, 0.717) is 27.7 Å². The maximum atomic E-state index is 12.8. The van der Waals surface area contributed by atoms with Crippen molar-refractivity contribution in [1.29, 1.82) is 0 Å². The molecule has 17 heteroatoms. The maximum absolute atomic E-state index is 12.8. The van der Waals surface area contributed by atoms with Gasteiger partial charge in [-0.1, -0.05) is 7.43 Å². The molecule has 6 heterocycles. The number of halogens is 4. The van der Waals surface area contributed by atoms with Gasteiger partial charge in [0.15, 0.2) is 4.77 Å². The average molecular weight is 1030 g/mol. The zero-order valence-electron chi connectivity index (χ0n) is 24.0. The molecule has 0 saturated carbocycles. The minimum atomic E-state index is -0.501. The van der Waals surface area contributed by atoms with Gasteiger partial charge < -0.3 is 15.0 Å². The molecule has 3 N–H and O–H groups in total. The molecule has 0 bridgehead atoms. The van der Waals surface area contributed by atoms with Gasteiger partial charge in [-0.2, -0.15) is 4.39 Å². The Balaban J connectivity index is 0.000000229. The Morgan fingerprint density at radius 3 is 1.64 bits per heavy atom. The molecule has 0 fully saturated rings. The summed E-state index contributed by atoms with van der Waals surface area (Å²) in [5.41, 5.74) is 4.31. The van der Waals surface area contributed by atoms with Crippen LogP contribution in [0.1, 0.15) is 19.1 Å². The molecule has 244 valence electrons. The number of nitrogens with one attached hydrogen (secondary N) is 3. The summed E-state index contributed by atoms with van der Waals surface area (Å²) in [7, 11) is 0. The van der Waals surface area contributed by atoms with Gasteiger partial charge in [-0.25, -0.2) is 29.9 Å². The van der Waals surface area contributed by atoms with E-state index in [1.54, 1.807) is 68.2 Å². The molecule has 0 saturated heterocycles. The number of hydrogen-bond donors (Lipinski definition) is 3. The first-order chi connectivity index (χ1) is 22.0. The Kier molecular flexibility index (Phi) is 18.3. The number of aromatic amines is 3. The van der Waals surface area contributed by atoms with E-state index in [9.17, 15) is 14.0 Å². The third kappa shape index (κ3) is 15.3. The van der Waals surface area contributed by atoms with E-state index in [2.05, 4.69) is 105 Å². The molecular formula is C30H28FI3N9O2SV. The Bertz CT molecular complexity index is 1950. The first-order valence-electron chi connectivity index (χ1n) is 12.9. The molecule has 0 aliphatic rings. The molecule has 0 unspecified atom stereocenters. The van der Waals surface area contributed by atoms with Crippen molar-refractivity contribution in [3.05, 3.63) is 135 Å². The summed E-state index contributed by atoms with van der Waals surface area (Å²) < 4.78 is 13.2. The number of aromatic nitrogens is 9. The van der Waals surface area contributed by atoms with Gasteiger partial charge in [0.1, 0.15) is 11.6 Å². The van der Waals surface area contributed by atoms with Crippen molar-refractivity contribution < 1.29 is 9.31 Å². The van der Waals surface area contributed by atoms with Crippen LogP contribution in [0.2, 0.25) is 0 Å². The average Bonchev–Trinajstić information content (AvgIpc) is 3.02. The number of hydrogen-bond acceptors (Lipinski definition) is 9. The molecule has 47 heavy (non-hydrogen) atoms. The molecule has 0 spiro atoms. The van der Waals surface area contributed by atoms with E-state index in [4.69, 9.17) is 12.2 Å². The van der Waals surface area contributed by atoms with Gasteiger partial charge in [-0.05, 0) is 62.5 Å². The van der Waals surface area contributed by atoms with E-state index in [1.165, 1.54) is 24.4 Å². The van der Waals surface area contributed by atoms with Gasteiger partial charge in [0.05, 0.1) is 11.4 Å². The van der Waals surface area contributed by atoms with Crippen molar-refractivity contribution in [2.45, 2.75) is 21.3 Å². The van der Waals surface area contributed by atoms with E-state index < -0.39 is 5.95 Å². The van der Waals surface area contributed by atoms with Crippen LogP contribution in [0.15, 0.2) is 101 Å². The van der Waals surface area contributed by atoms with Crippen LogP contribution in [-0.4, -0.2) is 44.9 Å². The van der Waals surface area contributed by atoms with Crippen LogP contribution in [0.3, 0.4) is 0 Å². The summed E-state index contributed by atoms with van der Waals surface area (Å²) in [6, 6.07) is 15.0. The first kappa shape index (κ1) is 40.4. The van der Waals surface area contributed by atoms with Crippen molar-refractivity contribution in [1.82, 2.24) is 44.9 Å². The molecule has 0 amide bonds. The first-order valence-corrected chi connectivity index (χ1v) is 26.8. The molecule has 6 rings (SSSR count). The predicted octanol–water partition coefficient (Wildman–Crippen LogP) is 7.91. The van der Waals surface area contributed by atoms with E-state index in [-0.39, 0.29) is 23.5 Å². The normalized spacial score (nSPS) is 9.77. The van der Waals surface area contributed by atoms with Gasteiger partial charge >= 0.3 is 64.9 Å². The van der Waals surface area contributed by atoms with Gasteiger partial charge in [0.25, 0.3) is 0 Å². The number of aryl methyl sites for hydroxylation is 2. The third-order valence-corrected chi connectivity index (χ3v) is 5.61. The molecular weight excluding hydrogens is 1000 g/mol. The van der Waals surface area contributed by atoms with Crippen LogP contribution < -0.4 is 11.1 Å². The van der Waals surface area contributed by atoms with Crippen LogP contribution in [0.25, 0.3) is 33.8 Å². The van der Waals surface area contributed by atoms with Gasteiger partial charge in [0.2, 0.25) is 17.1 Å². The van der Waals surface area contributed by atoms with Crippen molar-refractivity contribution in [3.8, 4) is 33.8 Å². The fraction of sp³-hybridized carbons (Fsp3) is 0.100. The van der Waals surface area contributed by atoms with Crippen molar-refractivity contribution in [3.63, 3.8) is 0 Å². The van der Waals surface area contributed by atoms with Crippen LogP contribution in [-0.2, 0) is 4.92 Å². The van der Waals surface area contributed by atoms with Gasteiger partial charge in [-0.3, -0.25) is 9.59 Å². The Morgan fingerprint density at radius 1 is 0.681 bits per heavy atom. The Labute approximate surface area is 312 Å². The summed E-state index contributed by atoms with van der Waals surface area (Å²) >= 11 is 12.3. The number of nitrogens with zero attached hydrogens (tertiary/aromatic N) is 6. The molecule has 6 aromatic heterocycles. The fourth-order valence-corrected chi connectivity index (χ4v) is 3.72. The van der Waals surface area contributed by atoms with Crippen molar-refractivity contribution in [2.75, 3.05) is 0 Å². The molecule has 0 aliphatic carbocycles. The van der Waals surface area contributed by atoms with E-state index in [0.717, 1.165) is 22.5 Å². The Morgan fingerprint density at radius 2 is 1.15 bits per heavy atom. The van der Waals surface area contributed by atoms with E-state index in [1.807, 2.05) is 13.0 Å².